The van der Waals surface area contributed by atoms with E-state index in [4.69, 9.17) is 0 Å². The summed E-state index contributed by atoms with van der Waals surface area (Å²) < 4.78 is 0. The van der Waals surface area contributed by atoms with Crippen LogP contribution in [-0.4, -0.2) is 25.0 Å². The zero-order valence-electron chi connectivity index (χ0n) is 10.6. The van der Waals surface area contributed by atoms with Crippen molar-refractivity contribution in [2.75, 3.05) is 14.1 Å². The van der Waals surface area contributed by atoms with Gasteiger partial charge in [-0.15, -0.1) is 5.73 Å². The predicted molar refractivity (Wildman–Crippen MR) is 64.5 cm³/mol. The van der Waals surface area contributed by atoms with Crippen molar-refractivity contribution in [2.24, 2.45) is 0 Å². The summed E-state index contributed by atoms with van der Waals surface area (Å²) in [5.74, 6) is 0. The first-order valence-corrected chi connectivity index (χ1v) is 5.25. The molecule has 1 aliphatic rings. The minimum absolute atomic E-state index is 0. The van der Waals surface area contributed by atoms with Gasteiger partial charge in [-0.25, -0.2) is 0 Å². The second-order valence-corrected chi connectivity index (χ2v) is 4.16. The predicted octanol–water partition coefficient (Wildman–Crippen LogP) is -0.257. The Morgan fingerprint density at radius 1 is 1.12 bits per heavy atom. The van der Waals surface area contributed by atoms with Gasteiger partial charge >= 0.3 is 27.7 Å². The fraction of sp³-hybridized carbons (Fsp3) is 0.286. The minimum atomic E-state index is 0. The van der Waals surface area contributed by atoms with Crippen molar-refractivity contribution in [2.45, 2.75) is 13.0 Å². The Hall–Kier alpha value is -0.0749. The molecule has 0 fully saturated rings. The molecule has 1 aromatic rings. The number of rotatable bonds is 2. The summed E-state index contributed by atoms with van der Waals surface area (Å²) in [5, 5.41) is 0. The summed E-state index contributed by atoms with van der Waals surface area (Å²) in [5.41, 5.74) is 7.15. The van der Waals surface area contributed by atoms with Crippen molar-refractivity contribution in [1.82, 2.24) is 4.90 Å². The van der Waals surface area contributed by atoms with Gasteiger partial charge in [-0.2, -0.15) is 0 Å². The molecule has 0 saturated carbocycles. The fourth-order valence-electron chi connectivity index (χ4n) is 1.66. The number of halogens is 1. The molecule has 1 aliphatic carbocycles. The summed E-state index contributed by atoms with van der Waals surface area (Å²) in [4.78, 5) is 2.20. The van der Waals surface area contributed by atoms with Crippen LogP contribution < -0.4 is 12.4 Å². The van der Waals surface area contributed by atoms with Crippen LogP contribution in [0.25, 0.3) is 6.08 Å². The van der Waals surface area contributed by atoms with Gasteiger partial charge in [0.1, 0.15) is 0 Å². The van der Waals surface area contributed by atoms with Crippen molar-refractivity contribution < 1.29 is 40.1 Å². The van der Waals surface area contributed by atoms with Crippen LogP contribution in [-0.2, 0) is 27.7 Å². The van der Waals surface area contributed by atoms with Gasteiger partial charge in [0, 0.05) is 12.5 Å². The summed E-state index contributed by atoms with van der Waals surface area (Å²) in [6, 6.07) is 8.82. The zero-order valence-corrected chi connectivity index (χ0v) is 16.8. The van der Waals surface area contributed by atoms with E-state index in [1.54, 1.807) is 0 Å². The molecule has 0 unspecified atom stereocenters. The average molecular weight is 434 g/mol. The minimum Gasteiger partial charge on any atom is -1.00 e. The van der Waals surface area contributed by atoms with Crippen LogP contribution in [0.1, 0.15) is 18.1 Å². The van der Waals surface area contributed by atoms with Gasteiger partial charge in [0.2, 0.25) is 0 Å². The average Bonchev–Trinajstić information content (AvgIpc) is 2.27. The Labute approximate surface area is 131 Å². The molecule has 2 rings (SSSR count). The van der Waals surface area contributed by atoms with E-state index in [2.05, 4.69) is 68.4 Å². The molecule has 0 heterocycles. The van der Waals surface area contributed by atoms with E-state index in [0.29, 0.717) is 6.04 Å². The van der Waals surface area contributed by atoms with Gasteiger partial charge in [0.15, 0.2) is 0 Å². The third-order valence-electron chi connectivity index (χ3n) is 2.93. The normalized spacial score (nSPS) is 14.2. The molecular formula is C14H16ClHgN. The topological polar surface area (TPSA) is 3.24 Å². The number of hydrogen-bond acceptors (Lipinski definition) is 1. The third-order valence-corrected chi connectivity index (χ3v) is 2.93. The van der Waals surface area contributed by atoms with E-state index in [1.165, 1.54) is 16.7 Å². The van der Waals surface area contributed by atoms with Gasteiger partial charge < -0.3 is 17.3 Å². The molecule has 0 saturated heterocycles. The summed E-state index contributed by atoms with van der Waals surface area (Å²) in [7, 11) is 4.18. The van der Waals surface area contributed by atoms with Crippen LogP contribution in [0.15, 0.2) is 35.6 Å². The molecule has 1 atom stereocenters. The maximum Gasteiger partial charge on any atom is 1.00 e. The van der Waals surface area contributed by atoms with Gasteiger partial charge in [-0.1, -0.05) is 24.3 Å². The molecule has 0 amide bonds. The molecule has 0 N–H and O–H groups in total. The molecular weight excluding hydrogens is 418 g/mol. The first-order valence-electron chi connectivity index (χ1n) is 5.25. The Bertz CT molecular complexity index is 434. The largest absolute Gasteiger partial charge is 1.00 e. The molecule has 86 valence electrons. The molecule has 1 nitrogen and oxygen atoms in total. The van der Waals surface area contributed by atoms with E-state index in [-0.39, 0.29) is 40.1 Å². The van der Waals surface area contributed by atoms with Gasteiger partial charge in [0.05, 0.1) is 0 Å². The smallest absolute Gasteiger partial charge is 1.00 e. The van der Waals surface area contributed by atoms with Gasteiger partial charge in [0.25, 0.3) is 0 Å². The van der Waals surface area contributed by atoms with Crippen LogP contribution in [0.3, 0.4) is 0 Å². The maximum absolute atomic E-state index is 3.35. The van der Waals surface area contributed by atoms with Crippen molar-refractivity contribution in [3.63, 3.8) is 0 Å². The molecule has 0 aliphatic heterocycles. The van der Waals surface area contributed by atoms with Gasteiger partial charge in [-0.05, 0) is 43.8 Å². The number of nitrogens with zero attached hydrogens (tertiary/aromatic N) is 1. The maximum atomic E-state index is 3.35. The zero-order chi connectivity index (χ0) is 10.8. The second-order valence-electron chi connectivity index (χ2n) is 4.16. The standard InChI is InChI=1S/C14H16N.ClH.Hg/c1-11(15(2)3)13-9-8-12-6-4-5-7-14(12)10-13;;/h4-8,10-11H,1-3H3;1H;/q;;+1/p-1/t11-;;/m1../s1. The van der Waals surface area contributed by atoms with Crippen LogP contribution in [0, 0.1) is 6.42 Å². The van der Waals surface area contributed by atoms with Crippen molar-refractivity contribution >= 4 is 6.08 Å². The van der Waals surface area contributed by atoms with Crippen molar-refractivity contribution in [3.05, 3.63) is 53.1 Å². The molecule has 0 spiro atoms. The van der Waals surface area contributed by atoms with E-state index in [1.807, 2.05) is 0 Å². The van der Waals surface area contributed by atoms with Crippen molar-refractivity contribution in [1.29, 1.82) is 0 Å². The summed E-state index contributed by atoms with van der Waals surface area (Å²) >= 11 is 0. The van der Waals surface area contributed by atoms with Crippen LogP contribution in [0.2, 0.25) is 0 Å². The van der Waals surface area contributed by atoms with E-state index < -0.39 is 0 Å². The van der Waals surface area contributed by atoms with Crippen molar-refractivity contribution in [3.8, 4) is 0 Å². The van der Waals surface area contributed by atoms with Gasteiger partial charge in [-0.3, -0.25) is 0 Å². The molecule has 3 heteroatoms. The molecule has 0 aromatic heterocycles. The second kappa shape index (κ2) is 7.38. The Morgan fingerprint density at radius 2 is 1.71 bits per heavy atom. The van der Waals surface area contributed by atoms with E-state index in [9.17, 15) is 0 Å². The van der Waals surface area contributed by atoms with Crippen LogP contribution in [0.5, 0.6) is 0 Å². The monoisotopic (exact) mass is 435 g/mol. The molecule has 1 aromatic carbocycles. The quantitative estimate of drug-likeness (QED) is 0.458. The number of likely N-dealkylation sites (N-methyl/N-ethyl adjacent to an activating group) is 1. The number of fused-ring (bicyclic) bond motifs is 1. The first-order chi connectivity index (χ1) is 7.18. The molecule has 0 bridgehead atoms. The van der Waals surface area contributed by atoms with Crippen LogP contribution in [0.4, 0.5) is 0 Å². The third kappa shape index (κ3) is 3.96. The molecule has 17 heavy (non-hydrogen) atoms. The first kappa shape index (κ1) is 16.9. The fourth-order valence-corrected chi connectivity index (χ4v) is 1.66. The van der Waals surface area contributed by atoms with E-state index in [0.717, 1.165) is 0 Å². The SMILES string of the molecule is C[C@H](C1=C=Cc2ccccc2[CH]1)N(C)C.[Cl-].[Hg+]. The van der Waals surface area contributed by atoms with E-state index >= 15 is 0 Å². The summed E-state index contributed by atoms with van der Waals surface area (Å²) in [6.45, 7) is 2.20. The Morgan fingerprint density at radius 3 is 2.29 bits per heavy atom. The van der Waals surface area contributed by atoms with Crippen LogP contribution >= 0.6 is 0 Å². The summed E-state index contributed by atoms with van der Waals surface area (Å²) in [6.07, 6.45) is 4.30. The molecule has 2 radical (unpaired) electrons. The number of hydrogen-bond donors (Lipinski definition) is 0. The Kier molecular flexibility index (Phi) is 7.35. The Balaban J connectivity index is 0.00000128. The number of benzene rings is 1.